The van der Waals surface area contributed by atoms with Gasteiger partial charge in [0.05, 0.1) is 5.75 Å². The second-order valence-electron chi connectivity index (χ2n) is 4.93. The van der Waals surface area contributed by atoms with Crippen molar-refractivity contribution < 1.29 is 22.4 Å². The van der Waals surface area contributed by atoms with Crippen LogP contribution in [0.1, 0.15) is 22.5 Å². The number of amides is 2. The highest BCUT2D eigenvalue weighted by Crippen LogP contribution is 2.24. The number of sulfone groups is 1. The standard InChI is InChI=1S/C14H16N2O5S/c1-9-10-5-3-4-6-11(10)21-13(9)14(18)16-15-12(17)7-8-22(2,19)20/h3-6H,7-8H2,1-2H3,(H,15,17)(H,16,18). The molecule has 0 aliphatic heterocycles. The van der Waals surface area contributed by atoms with Gasteiger partial charge >= 0.3 is 5.91 Å². The van der Waals surface area contributed by atoms with Crippen LogP contribution in [0.3, 0.4) is 0 Å². The molecule has 2 amide bonds. The number of carbonyl (C=O) groups is 2. The summed E-state index contributed by atoms with van der Waals surface area (Å²) in [6.07, 6.45) is 0.814. The van der Waals surface area contributed by atoms with Crippen molar-refractivity contribution in [2.75, 3.05) is 12.0 Å². The monoisotopic (exact) mass is 324 g/mol. The summed E-state index contributed by atoms with van der Waals surface area (Å²) < 4.78 is 27.4. The molecule has 0 fully saturated rings. The summed E-state index contributed by atoms with van der Waals surface area (Å²) in [4.78, 5) is 23.5. The molecule has 8 heteroatoms. The number of fused-ring (bicyclic) bond motifs is 1. The lowest BCUT2D eigenvalue weighted by atomic mass is 10.1. The van der Waals surface area contributed by atoms with Crippen LogP contribution in [0.2, 0.25) is 0 Å². The second kappa shape index (κ2) is 6.18. The van der Waals surface area contributed by atoms with E-state index in [0.29, 0.717) is 11.1 Å². The Balaban J connectivity index is 2.00. The van der Waals surface area contributed by atoms with E-state index in [0.717, 1.165) is 11.6 Å². The largest absolute Gasteiger partial charge is 0.451 e. The Morgan fingerprint density at radius 2 is 1.86 bits per heavy atom. The average Bonchev–Trinajstić information content (AvgIpc) is 2.80. The molecule has 0 atom stereocenters. The number of hydrazine groups is 1. The van der Waals surface area contributed by atoms with Gasteiger partial charge in [-0.2, -0.15) is 0 Å². The van der Waals surface area contributed by atoms with Crippen LogP contribution in [-0.4, -0.2) is 32.2 Å². The predicted molar refractivity (Wildman–Crippen MR) is 80.9 cm³/mol. The maximum Gasteiger partial charge on any atom is 0.305 e. The van der Waals surface area contributed by atoms with Crippen LogP contribution in [-0.2, 0) is 14.6 Å². The van der Waals surface area contributed by atoms with E-state index in [9.17, 15) is 18.0 Å². The minimum atomic E-state index is -3.23. The highest BCUT2D eigenvalue weighted by molar-refractivity contribution is 7.90. The third-order valence-electron chi connectivity index (χ3n) is 3.07. The number of carbonyl (C=O) groups excluding carboxylic acids is 2. The molecule has 22 heavy (non-hydrogen) atoms. The fourth-order valence-electron chi connectivity index (χ4n) is 1.91. The lowest BCUT2D eigenvalue weighted by Gasteiger charge is -2.05. The van der Waals surface area contributed by atoms with Crippen molar-refractivity contribution in [2.45, 2.75) is 13.3 Å². The summed E-state index contributed by atoms with van der Waals surface area (Å²) in [7, 11) is -3.23. The summed E-state index contributed by atoms with van der Waals surface area (Å²) in [5.41, 5.74) is 5.61. The number of aryl methyl sites for hydroxylation is 1. The molecule has 0 radical (unpaired) electrons. The Labute approximate surface area is 127 Å². The Hall–Kier alpha value is -2.35. The van der Waals surface area contributed by atoms with Gasteiger partial charge in [0.25, 0.3) is 0 Å². The zero-order valence-electron chi connectivity index (χ0n) is 12.2. The van der Waals surface area contributed by atoms with Crippen LogP contribution in [0.5, 0.6) is 0 Å². The summed E-state index contributed by atoms with van der Waals surface area (Å²) >= 11 is 0. The first-order valence-electron chi connectivity index (χ1n) is 6.53. The van der Waals surface area contributed by atoms with E-state index in [1.165, 1.54) is 0 Å². The molecule has 0 bridgehead atoms. The average molecular weight is 324 g/mol. The van der Waals surface area contributed by atoms with Crippen molar-refractivity contribution in [1.29, 1.82) is 0 Å². The number of benzene rings is 1. The van der Waals surface area contributed by atoms with E-state index in [4.69, 9.17) is 4.42 Å². The van der Waals surface area contributed by atoms with Gasteiger partial charge in [-0.15, -0.1) is 0 Å². The molecule has 0 unspecified atom stereocenters. The van der Waals surface area contributed by atoms with Crippen LogP contribution in [0.15, 0.2) is 28.7 Å². The summed E-state index contributed by atoms with van der Waals surface area (Å²) in [5.74, 6) is -1.36. The Kier molecular flexibility index (Phi) is 4.51. The van der Waals surface area contributed by atoms with Gasteiger partial charge in [-0.1, -0.05) is 18.2 Å². The van der Waals surface area contributed by atoms with Crippen molar-refractivity contribution in [3.63, 3.8) is 0 Å². The molecule has 0 aliphatic carbocycles. The van der Waals surface area contributed by atoms with E-state index in [1.807, 2.05) is 12.1 Å². The van der Waals surface area contributed by atoms with Crippen molar-refractivity contribution in [3.05, 3.63) is 35.6 Å². The molecule has 2 aromatic rings. The van der Waals surface area contributed by atoms with Gasteiger partial charge in [-0.3, -0.25) is 20.4 Å². The quantitative estimate of drug-likeness (QED) is 0.814. The first-order chi connectivity index (χ1) is 10.3. The number of para-hydroxylation sites is 1. The molecule has 118 valence electrons. The summed E-state index contributed by atoms with van der Waals surface area (Å²) in [5, 5.41) is 0.816. The number of hydrogen-bond acceptors (Lipinski definition) is 5. The molecule has 0 saturated heterocycles. The first-order valence-corrected chi connectivity index (χ1v) is 8.59. The molecular weight excluding hydrogens is 308 g/mol. The zero-order chi connectivity index (χ0) is 16.3. The molecule has 0 aliphatic rings. The van der Waals surface area contributed by atoms with E-state index >= 15 is 0 Å². The molecule has 1 aromatic carbocycles. The van der Waals surface area contributed by atoms with Gasteiger partial charge in [-0.25, -0.2) is 8.42 Å². The van der Waals surface area contributed by atoms with E-state index in [-0.39, 0.29) is 17.9 Å². The van der Waals surface area contributed by atoms with Crippen molar-refractivity contribution in [1.82, 2.24) is 10.9 Å². The molecule has 0 saturated carbocycles. The minimum absolute atomic E-state index is 0.101. The van der Waals surface area contributed by atoms with Gasteiger partial charge in [0.2, 0.25) is 5.91 Å². The smallest absolute Gasteiger partial charge is 0.305 e. The van der Waals surface area contributed by atoms with E-state index in [1.54, 1.807) is 19.1 Å². The molecule has 2 rings (SSSR count). The van der Waals surface area contributed by atoms with Crippen molar-refractivity contribution in [2.24, 2.45) is 0 Å². The normalized spacial score (nSPS) is 11.4. The zero-order valence-corrected chi connectivity index (χ0v) is 13.0. The Bertz CT molecular complexity index is 823. The van der Waals surface area contributed by atoms with Crippen LogP contribution < -0.4 is 10.9 Å². The number of hydrogen-bond donors (Lipinski definition) is 2. The predicted octanol–water partition coefficient (Wildman–Crippen LogP) is 0.937. The third-order valence-corrected chi connectivity index (χ3v) is 4.01. The van der Waals surface area contributed by atoms with Crippen LogP contribution in [0.25, 0.3) is 11.0 Å². The molecule has 0 spiro atoms. The van der Waals surface area contributed by atoms with Crippen molar-refractivity contribution in [3.8, 4) is 0 Å². The Morgan fingerprint density at radius 3 is 2.50 bits per heavy atom. The van der Waals surface area contributed by atoms with Gasteiger partial charge in [0.1, 0.15) is 15.4 Å². The molecule has 1 aromatic heterocycles. The lowest BCUT2D eigenvalue weighted by molar-refractivity contribution is -0.121. The van der Waals surface area contributed by atoms with Gasteiger partial charge < -0.3 is 4.42 Å². The van der Waals surface area contributed by atoms with Crippen LogP contribution in [0, 0.1) is 6.92 Å². The maximum absolute atomic E-state index is 12.0. The highest BCUT2D eigenvalue weighted by atomic mass is 32.2. The van der Waals surface area contributed by atoms with E-state index in [2.05, 4.69) is 10.9 Å². The summed E-state index contributed by atoms with van der Waals surface area (Å²) in [6, 6.07) is 7.19. The lowest BCUT2D eigenvalue weighted by Crippen LogP contribution is -2.42. The fraction of sp³-hybridized carbons (Fsp3) is 0.286. The molecule has 1 heterocycles. The number of furan rings is 1. The summed E-state index contributed by atoms with van der Waals surface area (Å²) in [6.45, 7) is 1.74. The maximum atomic E-state index is 12.0. The molecule has 7 nitrogen and oxygen atoms in total. The topological polar surface area (TPSA) is 105 Å². The third kappa shape index (κ3) is 3.85. The van der Waals surface area contributed by atoms with Gasteiger partial charge in [-0.05, 0) is 13.0 Å². The highest BCUT2D eigenvalue weighted by Gasteiger charge is 2.18. The number of nitrogens with one attached hydrogen (secondary N) is 2. The van der Waals surface area contributed by atoms with Crippen LogP contribution in [0.4, 0.5) is 0 Å². The minimum Gasteiger partial charge on any atom is -0.451 e. The van der Waals surface area contributed by atoms with Crippen molar-refractivity contribution >= 4 is 32.6 Å². The fourth-order valence-corrected chi connectivity index (χ4v) is 2.47. The number of rotatable bonds is 4. The first kappa shape index (κ1) is 16.0. The molecular formula is C14H16N2O5S. The Morgan fingerprint density at radius 1 is 1.18 bits per heavy atom. The van der Waals surface area contributed by atoms with Gasteiger partial charge in [0, 0.05) is 23.6 Å². The van der Waals surface area contributed by atoms with E-state index < -0.39 is 21.7 Å². The van der Waals surface area contributed by atoms with Gasteiger partial charge in [0.15, 0.2) is 5.76 Å². The second-order valence-corrected chi connectivity index (χ2v) is 7.19. The van der Waals surface area contributed by atoms with Crippen LogP contribution >= 0.6 is 0 Å². The SMILES string of the molecule is Cc1c(C(=O)NNC(=O)CCS(C)(=O)=O)oc2ccccc12. The molecule has 2 N–H and O–H groups in total.